The van der Waals surface area contributed by atoms with E-state index in [0.717, 1.165) is 57.3 Å². The Morgan fingerprint density at radius 2 is 1.62 bits per heavy atom. The summed E-state index contributed by atoms with van der Waals surface area (Å²) in [6, 6.07) is 6.55. The lowest BCUT2D eigenvalue weighted by molar-refractivity contribution is -0.308. The maximum Gasteiger partial charge on any atom is 0.434 e. The van der Waals surface area contributed by atoms with Crippen LogP contribution < -0.4 is 0 Å². The van der Waals surface area contributed by atoms with Crippen LogP contribution in [-0.4, -0.2) is 90.7 Å². The Morgan fingerprint density at radius 3 is 2.21 bits per heavy atom. The third kappa shape index (κ3) is 7.18. The number of rotatable bonds is 5. The van der Waals surface area contributed by atoms with Crippen molar-refractivity contribution in [2.75, 3.05) is 45.9 Å². The first-order chi connectivity index (χ1) is 18.1. The summed E-state index contributed by atoms with van der Waals surface area (Å²) in [5, 5.41) is 0. The van der Waals surface area contributed by atoms with Gasteiger partial charge >= 0.3 is 18.4 Å². The van der Waals surface area contributed by atoms with Crippen LogP contribution in [0.1, 0.15) is 49.8 Å². The van der Waals surface area contributed by atoms with Crippen LogP contribution in [0, 0.1) is 12.3 Å². The highest BCUT2D eigenvalue weighted by molar-refractivity contribution is 5.68. The first-order valence-electron chi connectivity index (χ1n) is 13.3. The van der Waals surface area contributed by atoms with Gasteiger partial charge in [0.05, 0.1) is 13.2 Å². The summed E-state index contributed by atoms with van der Waals surface area (Å²) in [4.78, 5) is 18.0. The molecule has 6 nitrogen and oxygen atoms in total. The molecule has 39 heavy (non-hydrogen) atoms. The van der Waals surface area contributed by atoms with E-state index < -0.39 is 24.5 Å². The Labute approximate surface area is 225 Å². The second-order valence-electron chi connectivity index (χ2n) is 11.8. The van der Waals surface area contributed by atoms with Gasteiger partial charge in [0.25, 0.3) is 6.10 Å². The molecule has 0 atom stereocenters. The molecular formula is C27H37F6N3O3. The zero-order valence-electron chi connectivity index (χ0n) is 22.6. The summed E-state index contributed by atoms with van der Waals surface area (Å²) < 4.78 is 86.4. The second-order valence-corrected chi connectivity index (χ2v) is 11.8. The van der Waals surface area contributed by atoms with E-state index >= 15 is 0 Å². The number of benzene rings is 1. The third-order valence-electron chi connectivity index (χ3n) is 8.37. The van der Waals surface area contributed by atoms with Crippen LogP contribution in [0.25, 0.3) is 0 Å². The zero-order chi connectivity index (χ0) is 28.6. The van der Waals surface area contributed by atoms with Gasteiger partial charge in [-0.15, -0.1) is 0 Å². The minimum atomic E-state index is -5.72. The highest BCUT2D eigenvalue weighted by Gasteiger charge is 2.60. The Kier molecular flexibility index (Phi) is 8.50. The molecule has 0 aromatic heterocycles. The molecule has 3 fully saturated rings. The average molecular weight is 566 g/mol. The molecule has 3 saturated heterocycles. The fourth-order valence-electron chi connectivity index (χ4n) is 6.18. The van der Waals surface area contributed by atoms with Gasteiger partial charge in [-0.1, -0.05) is 18.2 Å². The minimum absolute atomic E-state index is 0.0548. The largest absolute Gasteiger partial charge is 0.434 e. The summed E-state index contributed by atoms with van der Waals surface area (Å²) >= 11 is 0. The maximum absolute atomic E-state index is 12.8. The van der Waals surface area contributed by atoms with Gasteiger partial charge in [0.15, 0.2) is 0 Å². The second kappa shape index (κ2) is 11.1. The molecule has 0 aliphatic carbocycles. The number of nitrogens with zero attached hydrogens (tertiary/aromatic N) is 3. The monoisotopic (exact) mass is 565 g/mol. The number of piperidine rings is 1. The molecule has 4 rings (SSSR count). The van der Waals surface area contributed by atoms with Gasteiger partial charge in [-0.2, -0.15) is 26.3 Å². The number of halogens is 6. The fourth-order valence-corrected chi connectivity index (χ4v) is 6.18. The fraction of sp³-hybridized carbons (Fsp3) is 0.741. The molecular weight excluding hydrogens is 528 g/mol. The number of aryl methyl sites for hydroxylation is 1. The van der Waals surface area contributed by atoms with Crippen molar-refractivity contribution < 1.29 is 40.6 Å². The molecule has 220 valence electrons. The van der Waals surface area contributed by atoms with Gasteiger partial charge < -0.3 is 14.4 Å². The van der Waals surface area contributed by atoms with Gasteiger partial charge in [0.2, 0.25) is 0 Å². The molecule has 3 heterocycles. The van der Waals surface area contributed by atoms with Gasteiger partial charge in [-0.25, -0.2) is 4.79 Å². The van der Waals surface area contributed by atoms with E-state index in [4.69, 9.17) is 4.74 Å². The Hall–Kier alpha value is -2.05. The molecule has 1 aromatic rings. The van der Waals surface area contributed by atoms with Crippen molar-refractivity contribution in [2.45, 2.75) is 77.1 Å². The van der Waals surface area contributed by atoms with Crippen LogP contribution in [0.5, 0.6) is 0 Å². The number of hydrogen-bond donors (Lipinski definition) is 0. The van der Waals surface area contributed by atoms with Crippen LogP contribution >= 0.6 is 0 Å². The van der Waals surface area contributed by atoms with Gasteiger partial charge in [0, 0.05) is 51.4 Å². The summed E-state index contributed by atoms with van der Waals surface area (Å²) in [5.74, 6) is 0. The molecule has 1 spiro atoms. The van der Waals surface area contributed by atoms with Crippen LogP contribution in [0.4, 0.5) is 31.1 Å². The third-order valence-corrected chi connectivity index (χ3v) is 8.37. The number of carbonyl (C=O) groups is 1. The molecule has 1 amide bonds. The Bertz CT molecular complexity index is 1000. The number of hydrogen-bond acceptors (Lipinski definition) is 5. The van der Waals surface area contributed by atoms with Crippen molar-refractivity contribution in [1.29, 1.82) is 0 Å². The molecule has 0 N–H and O–H groups in total. The normalized spacial score (nSPS) is 22.6. The maximum atomic E-state index is 12.8. The lowest BCUT2D eigenvalue weighted by atomic mass is 9.74. The number of morpholine rings is 1. The predicted molar refractivity (Wildman–Crippen MR) is 132 cm³/mol. The van der Waals surface area contributed by atoms with E-state index in [2.05, 4.69) is 53.5 Å². The standard InChI is InChI=1S/C27H37F6N3O3/c1-19-4-5-20(15-34-10-12-38-13-11-34)14-21(19)16-36-18-25(17-24(36,2)3)6-8-35(9-7-25)23(37)39-22(26(28,29)30)27(31,32)33/h4-5,14,22H,6-13,15-18H2,1-3H3. The highest BCUT2D eigenvalue weighted by Crippen LogP contribution is 2.49. The van der Waals surface area contributed by atoms with Crippen molar-refractivity contribution in [3.63, 3.8) is 0 Å². The number of likely N-dealkylation sites (tertiary alicyclic amines) is 2. The number of carbonyl (C=O) groups excluding carboxylic acids is 1. The topological polar surface area (TPSA) is 45.2 Å². The summed E-state index contributed by atoms with van der Waals surface area (Å²) in [7, 11) is 0. The first-order valence-corrected chi connectivity index (χ1v) is 13.3. The SMILES string of the molecule is Cc1ccc(CN2CCOCC2)cc1CN1CC2(CCN(C(=O)OC(C(F)(F)F)C(F)(F)F)CC2)CC1(C)C. The van der Waals surface area contributed by atoms with Crippen LogP contribution in [-0.2, 0) is 22.6 Å². The van der Waals surface area contributed by atoms with Crippen LogP contribution in [0.3, 0.4) is 0 Å². The molecule has 3 aliphatic rings. The van der Waals surface area contributed by atoms with Gasteiger partial charge in [-0.05, 0) is 62.1 Å². The van der Waals surface area contributed by atoms with E-state index in [-0.39, 0.29) is 24.0 Å². The predicted octanol–water partition coefficient (Wildman–Crippen LogP) is 5.52. The van der Waals surface area contributed by atoms with E-state index in [1.807, 2.05) is 0 Å². The van der Waals surface area contributed by atoms with E-state index in [9.17, 15) is 31.1 Å². The van der Waals surface area contributed by atoms with Crippen molar-refractivity contribution >= 4 is 6.09 Å². The zero-order valence-corrected chi connectivity index (χ0v) is 22.6. The molecule has 0 unspecified atom stereocenters. The Balaban J connectivity index is 1.38. The lowest BCUT2D eigenvalue weighted by Gasteiger charge is -2.39. The van der Waals surface area contributed by atoms with Gasteiger partial charge in [0.1, 0.15) is 0 Å². The Morgan fingerprint density at radius 1 is 1.00 bits per heavy atom. The molecule has 3 aliphatic heterocycles. The van der Waals surface area contributed by atoms with Crippen LogP contribution in [0.2, 0.25) is 0 Å². The molecule has 1 aromatic carbocycles. The summed E-state index contributed by atoms with van der Waals surface area (Å²) in [5.41, 5.74) is 3.34. The molecule has 12 heteroatoms. The summed E-state index contributed by atoms with van der Waals surface area (Å²) in [6.45, 7) is 12.1. The average Bonchev–Trinajstić information content (AvgIpc) is 3.07. The smallest absolute Gasteiger partial charge is 0.426 e. The van der Waals surface area contributed by atoms with Crippen LogP contribution in [0.15, 0.2) is 18.2 Å². The van der Waals surface area contributed by atoms with E-state index in [1.54, 1.807) is 0 Å². The highest BCUT2D eigenvalue weighted by atomic mass is 19.4. The van der Waals surface area contributed by atoms with Crippen molar-refractivity contribution in [2.24, 2.45) is 5.41 Å². The number of amides is 1. The van der Waals surface area contributed by atoms with Crippen molar-refractivity contribution in [1.82, 2.24) is 14.7 Å². The molecule has 0 radical (unpaired) electrons. The van der Waals surface area contributed by atoms with Crippen molar-refractivity contribution in [3.05, 3.63) is 34.9 Å². The summed E-state index contributed by atoms with van der Waals surface area (Å²) in [6.07, 6.45) is -15.4. The minimum Gasteiger partial charge on any atom is -0.426 e. The van der Waals surface area contributed by atoms with Gasteiger partial charge in [-0.3, -0.25) is 9.80 Å². The lowest BCUT2D eigenvalue weighted by Crippen LogP contribution is -2.50. The quantitative estimate of drug-likeness (QED) is 0.440. The van der Waals surface area contributed by atoms with E-state index in [0.29, 0.717) is 12.8 Å². The number of ether oxygens (including phenoxy) is 2. The van der Waals surface area contributed by atoms with Crippen molar-refractivity contribution in [3.8, 4) is 0 Å². The number of alkyl halides is 6. The molecule has 0 bridgehead atoms. The molecule has 0 saturated carbocycles. The first kappa shape index (κ1) is 29.9. The van der Waals surface area contributed by atoms with E-state index in [1.165, 1.54) is 16.7 Å².